The van der Waals surface area contributed by atoms with E-state index in [2.05, 4.69) is 6.92 Å². The SMILES string of the molecule is CCCCOc1ccc(-c2nn(-c3ccccc3)cc2/C=C2/C(=O)N(Cc3ccccc3Cl)C(=O)C(C#N)=C2C)c(C)c1. The normalized spacial score (nSPS) is 14.4. The number of unbranched alkanes of at least 4 members (excludes halogenated alkanes) is 1. The number of aromatic nitrogens is 2. The van der Waals surface area contributed by atoms with Crippen molar-refractivity contribution in [1.82, 2.24) is 14.7 Å². The number of ether oxygens (including phenoxy) is 1. The highest BCUT2D eigenvalue weighted by Gasteiger charge is 2.36. The summed E-state index contributed by atoms with van der Waals surface area (Å²) < 4.78 is 7.67. The van der Waals surface area contributed by atoms with Crippen LogP contribution in [-0.4, -0.2) is 33.1 Å². The molecule has 0 unspecified atom stereocenters. The quantitative estimate of drug-likeness (QED) is 0.115. The van der Waals surface area contributed by atoms with Gasteiger partial charge < -0.3 is 4.74 Å². The minimum Gasteiger partial charge on any atom is -0.494 e. The molecular weight excluding hydrogens is 560 g/mol. The van der Waals surface area contributed by atoms with E-state index in [1.165, 1.54) is 0 Å². The summed E-state index contributed by atoms with van der Waals surface area (Å²) >= 11 is 6.35. The smallest absolute Gasteiger partial charge is 0.271 e. The van der Waals surface area contributed by atoms with Gasteiger partial charge in [-0.25, -0.2) is 4.68 Å². The summed E-state index contributed by atoms with van der Waals surface area (Å²) in [4.78, 5) is 28.2. The predicted molar refractivity (Wildman–Crippen MR) is 167 cm³/mol. The van der Waals surface area contributed by atoms with E-state index in [1.807, 2.05) is 67.7 Å². The highest BCUT2D eigenvalue weighted by molar-refractivity contribution is 6.31. The highest BCUT2D eigenvalue weighted by Crippen LogP contribution is 2.34. The van der Waals surface area contributed by atoms with Crippen LogP contribution >= 0.6 is 11.6 Å². The molecule has 43 heavy (non-hydrogen) atoms. The highest BCUT2D eigenvalue weighted by atomic mass is 35.5. The van der Waals surface area contributed by atoms with Crippen molar-refractivity contribution in [1.29, 1.82) is 5.26 Å². The minimum atomic E-state index is -0.642. The second-order valence-corrected chi connectivity index (χ2v) is 10.8. The summed E-state index contributed by atoms with van der Waals surface area (Å²) in [6, 6.07) is 24.6. The van der Waals surface area contributed by atoms with Crippen LogP contribution in [0.3, 0.4) is 0 Å². The van der Waals surface area contributed by atoms with Crippen molar-refractivity contribution in [2.75, 3.05) is 6.61 Å². The fraction of sp³-hybridized carbons (Fsp3) is 0.200. The second kappa shape index (κ2) is 12.9. The third kappa shape index (κ3) is 6.15. The number of carbonyl (C=O) groups is 2. The largest absolute Gasteiger partial charge is 0.494 e. The van der Waals surface area contributed by atoms with Crippen LogP contribution in [0.5, 0.6) is 5.75 Å². The molecule has 0 aliphatic carbocycles. The minimum absolute atomic E-state index is 0.0537. The molecule has 0 bridgehead atoms. The molecule has 216 valence electrons. The van der Waals surface area contributed by atoms with Gasteiger partial charge in [-0.1, -0.05) is 61.3 Å². The third-order valence-corrected chi connectivity index (χ3v) is 7.76. The van der Waals surface area contributed by atoms with Crippen LogP contribution in [0.1, 0.15) is 43.4 Å². The standard InChI is InChI=1S/C35H31ClN4O3/c1-4-5-17-43-28-15-16-29(23(2)18-28)33-26(22-40(38-33)27-12-7-6-8-13-27)19-30-24(3)31(20-37)35(42)39(34(30)41)21-25-11-9-10-14-32(25)36/h6-16,18-19,22H,4-5,17,21H2,1-3H3/b30-19+. The zero-order valence-electron chi connectivity index (χ0n) is 24.3. The first-order valence-corrected chi connectivity index (χ1v) is 14.5. The lowest BCUT2D eigenvalue weighted by Gasteiger charge is -2.27. The maximum Gasteiger partial charge on any atom is 0.271 e. The van der Waals surface area contributed by atoms with E-state index in [0.717, 1.165) is 40.3 Å². The van der Waals surface area contributed by atoms with Gasteiger partial charge in [0.15, 0.2) is 0 Å². The van der Waals surface area contributed by atoms with E-state index in [9.17, 15) is 14.9 Å². The van der Waals surface area contributed by atoms with E-state index < -0.39 is 11.8 Å². The summed E-state index contributed by atoms with van der Waals surface area (Å²) in [6.07, 6.45) is 5.59. The summed E-state index contributed by atoms with van der Waals surface area (Å²) in [6.45, 7) is 6.34. The molecule has 5 rings (SSSR count). The lowest BCUT2D eigenvalue weighted by Crippen LogP contribution is -2.42. The Morgan fingerprint density at radius 1 is 1.00 bits per heavy atom. The first-order chi connectivity index (χ1) is 20.8. The predicted octanol–water partition coefficient (Wildman–Crippen LogP) is 7.47. The Morgan fingerprint density at radius 3 is 2.44 bits per heavy atom. The number of nitrogens with zero attached hydrogens (tertiary/aromatic N) is 4. The summed E-state index contributed by atoms with van der Waals surface area (Å²) in [5.41, 5.74) is 5.09. The number of nitriles is 1. The van der Waals surface area contributed by atoms with Gasteiger partial charge in [0, 0.05) is 27.9 Å². The average molecular weight is 591 g/mol. The van der Waals surface area contributed by atoms with E-state index >= 15 is 0 Å². The van der Waals surface area contributed by atoms with Crippen LogP contribution in [0, 0.1) is 18.3 Å². The van der Waals surface area contributed by atoms with Crippen LogP contribution in [0.2, 0.25) is 5.02 Å². The van der Waals surface area contributed by atoms with Gasteiger partial charge in [0.05, 0.1) is 18.8 Å². The Kier molecular flexibility index (Phi) is 8.89. The molecule has 0 saturated carbocycles. The first kappa shape index (κ1) is 29.6. The Bertz CT molecular complexity index is 1800. The van der Waals surface area contributed by atoms with Crippen LogP contribution < -0.4 is 4.74 Å². The monoisotopic (exact) mass is 590 g/mol. The number of halogens is 1. The van der Waals surface area contributed by atoms with Crippen molar-refractivity contribution in [3.05, 3.63) is 117 Å². The van der Waals surface area contributed by atoms with Crippen molar-refractivity contribution in [3.8, 4) is 28.8 Å². The summed E-state index contributed by atoms with van der Waals surface area (Å²) in [5.74, 6) is -0.362. The Hall–Kier alpha value is -4.93. The van der Waals surface area contributed by atoms with Crippen molar-refractivity contribution < 1.29 is 14.3 Å². The fourth-order valence-corrected chi connectivity index (χ4v) is 5.16. The first-order valence-electron chi connectivity index (χ1n) is 14.1. The fourth-order valence-electron chi connectivity index (χ4n) is 4.97. The third-order valence-electron chi connectivity index (χ3n) is 7.39. The molecule has 3 aromatic carbocycles. The van der Waals surface area contributed by atoms with Crippen LogP contribution in [-0.2, 0) is 16.1 Å². The van der Waals surface area contributed by atoms with Crippen molar-refractivity contribution in [3.63, 3.8) is 0 Å². The number of rotatable bonds is 9. The topological polar surface area (TPSA) is 88.2 Å². The number of amides is 2. The zero-order chi connectivity index (χ0) is 30.5. The number of hydrogen-bond donors (Lipinski definition) is 0. The Balaban J connectivity index is 1.62. The molecule has 2 amide bonds. The van der Waals surface area contributed by atoms with Gasteiger partial charge in [-0.05, 0) is 79.4 Å². The summed E-state index contributed by atoms with van der Waals surface area (Å²) in [7, 11) is 0. The molecule has 0 fully saturated rings. The molecule has 1 aliphatic heterocycles. The average Bonchev–Trinajstić information content (AvgIpc) is 3.43. The molecule has 0 radical (unpaired) electrons. The molecule has 1 aromatic heterocycles. The van der Waals surface area contributed by atoms with Gasteiger partial charge in [0.25, 0.3) is 11.8 Å². The summed E-state index contributed by atoms with van der Waals surface area (Å²) in [5, 5.41) is 15.3. The number of aryl methyl sites for hydroxylation is 1. The maximum absolute atomic E-state index is 13.9. The zero-order valence-corrected chi connectivity index (χ0v) is 25.1. The van der Waals surface area contributed by atoms with Crippen LogP contribution in [0.15, 0.2) is 95.7 Å². The van der Waals surface area contributed by atoms with E-state index in [4.69, 9.17) is 21.4 Å². The van der Waals surface area contributed by atoms with Gasteiger partial charge >= 0.3 is 0 Å². The number of carbonyl (C=O) groups excluding carboxylic acids is 2. The number of hydrogen-bond acceptors (Lipinski definition) is 5. The molecule has 7 nitrogen and oxygen atoms in total. The van der Waals surface area contributed by atoms with Crippen molar-refractivity contribution >= 4 is 29.5 Å². The molecular formula is C35H31ClN4O3. The Labute approximate surface area is 256 Å². The van der Waals surface area contributed by atoms with Gasteiger partial charge in [-0.3, -0.25) is 14.5 Å². The molecule has 0 atom stereocenters. The van der Waals surface area contributed by atoms with Gasteiger partial charge in [0.1, 0.15) is 23.1 Å². The molecule has 2 heterocycles. The molecule has 1 aliphatic rings. The molecule has 8 heteroatoms. The number of imide groups is 1. The molecule has 0 N–H and O–H groups in total. The lowest BCUT2D eigenvalue weighted by molar-refractivity contribution is -0.141. The van der Waals surface area contributed by atoms with E-state index in [-0.39, 0.29) is 17.7 Å². The molecule has 0 spiro atoms. The van der Waals surface area contributed by atoms with Gasteiger partial charge in [-0.2, -0.15) is 10.4 Å². The van der Waals surface area contributed by atoms with Crippen LogP contribution in [0.4, 0.5) is 0 Å². The van der Waals surface area contributed by atoms with E-state index in [0.29, 0.717) is 34.0 Å². The van der Waals surface area contributed by atoms with Crippen LogP contribution in [0.25, 0.3) is 23.0 Å². The van der Waals surface area contributed by atoms with Gasteiger partial charge in [0.2, 0.25) is 0 Å². The molecule has 0 saturated heterocycles. The van der Waals surface area contributed by atoms with Crippen molar-refractivity contribution in [2.45, 2.75) is 40.2 Å². The van der Waals surface area contributed by atoms with E-state index in [1.54, 1.807) is 41.9 Å². The van der Waals surface area contributed by atoms with Crippen molar-refractivity contribution in [2.24, 2.45) is 0 Å². The lowest BCUT2D eigenvalue weighted by atomic mass is 9.92. The van der Waals surface area contributed by atoms with Gasteiger partial charge in [-0.15, -0.1) is 0 Å². The number of para-hydroxylation sites is 1. The Morgan fingerprint density at radius 2 is 1.74 bits per heavy atom. The molecule has 4 aromatic rings. The second-order valence-electron chi connectivity index (χ2n) is 10.3. The maximum atomic E-state index is 13.9. The number of benzene rings is 3.